The fraction of sp³-hybridized carbons (Fsp3) is 0.967. The zero-order valence-corrected chi connectivity index (χ0v) is 22.4. The molecular weight excluding hydrogens is 424 g/mol. The molecule has 0 spiro atoms. The van der Waals surface area contributed by atoms with Crippen LogP contribution in [0.2, 0.25) is 0 Å². The Labute approximate surface area is 210 Å². The molecule has 0 radical (unpaired) electrons. The van der Waals surface area contributed by atoms with E-state index in [1.807, 2.05) is 0 Å². The lowest BCUT2D eigenvalue weighted by Gasteiger charge is -2.32. The topological polar surface area (TPSA) is 44.8 Å². The SMILES string of the molecule is CCCCCC1CCC(OCOC2CCC(C(=O)OC3CCC(CCCCC)CC3)CC2)CC1. The number of hydrogen-bond donors (Lipinski definition) is 0. The van der Waals surface area contributed by atoms with Gasteiger partial charge in [-0.25, -0.2) is 0 Å². The lowest BCUT2D eigenvalue weighted by atomic mass is 9.83. The van der Waals surface area contributed by atoms with E-state index >= 15 is 0 Å². The number of esters is 1. The molecule has 0 saturated heterocycles. The molecule has 0 bridgehead atoms. The summed E-state index contributed by atoms with van der Waals surface area (Å²) < 4.78 is 18.0. The first kappa shape index (κ1) is 28.0. The smallest absolute Gasteiger partial charge is 0.309 e. The second-order valence-corrected chi connectivity index (χ2v) is 11.6. The van der Waals surface area contributed by atoms with Gasteiger partial charge < -0.3 is 14.2 Å². The van der Waals surface area contributed by atoms with Crippen LogP contribution >= 0.6 is 0 Å². The molecule has 34 heavy (non-hydrogen) atoms. The number of hydrogen-bond acceptors (Lipinski definition) is 4. The Morgan fingerprint density at radius 3 is 1.50 bits per heavy atom. The molecule has 0 unspecified atom stereocenters. The molecule has 3 saturated carbocycles. The van der Waals surface area contributed by atoms with E-state index < -0.39 is 0 Å². The maximum Gasteiger partial charge on any atom is 0.309 e. The summed E-state index contributed by atoms with van der Waals surface area (Å²) in [5.74, 6) is 1.91. The lowest BCUT2D eigenvalue weighted by molar-refractivity contribution is -0.161. The van der Waals surface area contributed by atoms with E-state index in [2.05, 4.69) is 13.8 Å². The summed E-state index contributed by atoms with van der Waals surface area (Å²) in [6.07, 6.45) is 25.0. The van der Waals surface area contributed by atoms with Crippen molar-refractivity contribution < 1.29 is 19.0 Å². The van der Waals surface area contributed by atoms with Crippen molar-refractivity contribution in [2.24, 2.45) is 17.8 Å². The maximum atomic E-state index is 12.7. The summed E-state index contributed by atoms with van der Waals surface area (Å²) in [4.78, 5) is 12.7. The maximum absolute atomic E-state index is 12.7. The zero-order chi connectivity index (χ0) is 24.0. The van der Waals surface area contributed by atoms with E-state index in [1.54, 1.807) is 0 Å². The molecule has 0 atom stereocenters. The van der Waals surface area contributed by atoms with Crippen LogP contribution in [0.4, 0.5) is 0 Å². The molecule has 0 aromatic carbocycles. The van der Waals surface area contributed by atoms with Gasteiger partial charge in [-0.3, -0.25) is 4.79 Å². The van der Waals surface area contributed by atoms with Gasteiger partial charge in [0.05, 0.1) is 18.1 Å². The van der Waals surface area contributed by atoms with E-state index in [-0.39, 0.29) is 24.1 Å². The summed E-state index contributed by atoms with van der Waals surface area (Å²) in [6, 6.07) is 0. The first-order valence-electron chi connectivity index (χ1n) is 15.1. The van der Waals surface area contributed by atoms with Gasteiger partial charge in [-0.15, -0.1) is 0 Å². The van der Waals surface area contributed by atoms with Crippen LogP contribution in [0.3, 0.4) is 0 Å². The molecule has 0 amide bonds. The third kappa shape index (κ3) is 10.2. The highest BCUT2D eigenvalue weighted by Crippen LogP contribution is 2.33. The van der Waals surface area contributed by atoms with Crippen LogP contribution in [-0.4, -0.2) is 31.1 Å². The predicted octanol–water partition coefficient (Wildman–Crippen LogP) is 8.36. The van der Waals surface area contributed by atoms with Crippen molar-refractivity contribution in [1.29, 1.82) is 0 Å². The van der Waals surface area contributed by atoms with Gasteiger partial charge in [0.15, 0.2) is 0 Å². The van der Waals surface area contributed by atoms with Crippen LogP contribution in [0.15, 0.2) is 0 Å². The Balaban J connectivity index is 1.20. The molecule has 4 nitrogen and oxygen atoms in total. The van der Waals surface area contributed by atoms with Crippen molar-refractivity contribution >= 4 is 5.97 Å². The second-order valence-electron chi connectivity index (χ2n) is 11.6. The van der Waals surface area contributed by atoms with Crippen LogP contribution in [0.5, 0.6) is 0 Å². The van der Waals surface area contributed by atoms with Crippen molar-refractivity contribution in [2.75, 3.05) is 6.79 Å². The van der Waals surface area contributed by atoms with Gasteiger partial charge in [0.1, 0.15) is 12.9 Å². The fourth-order valence-electron chi connectivity index (χ4n) is 6.45. The zero-order valence-electron chi connectivity index (χ0n) is 22.4. The van der Waals surface area contributed by atoms with Crippen LogP contribution in [0.1, 0.15) is 142 Å². The molecule has 3 aliphatic carbocycles. The number of carbonyl (C=O) groups excluding carboxylic acids is 1. The Morgan fingerprint density at radius 2 is 1.03 bits per heavy atom. The minimum atomic E-state index is 0.0554. The van der Waals surface area contributed by atoms with E-state index in [0.717, 1.165) is 50.4 Å². The van der Waals surface area contributed by atoms with E-state index in [9.17, 15) is 4.79 Å². The normalized spacial score (nSPS) is 32.4. The first-order valence-corrected chi connectivity index (χ1v) is 15.1. The van der Waals surface area contributed by atoms with Crippen LogP contribution in [0, 0.1) is 17.8 Å². The Kier molecular flexibility index (Phi) is 13.3. The molecule has 0 heterocycles. The van der Waals surface area contributed by atoms with Crippen molar-refractivity contribution in [3.63, 3.8) is 0 Å². The molecule has 3 aliphatic rings. The quantitative estimate of drug-likeness (QED) is 0.143. The Bertz CT molecular complexity index is 526. The Hall–Kier alpha value is -0.610. The first-order chi connectivity index (χ1) is 16.7. The number of rotatable bonds is 14. The number of carbonyl (C=O) groups is 1. The molecule has 0 N–H and O–H groups in total. The Morgan fingerprint density at radius 1 is 0.588 bits per heavy atom. The summed E-state index contributed by atoms with van der Waals surface area (Å²) in [5.41, 5.74) is 0. The standard InChI is InChI=1S/C30H54O4/c1-3-5-7-9-24-11-17-27(18-12-24)32-23-33-28-21-15-26(16-22-28)30(31)34-29-19-13-25(14-20-29)10-8-6-4-2/h24-29H,3-23H2,1-2H3. The van der Waals surface area contributed by atoms with Crippen molar-refractivity contribution in [2.45, 2.75) is 161 Å². The van der Waals surface area contributed by atoms with Gasteiger partial charge in [-0.2, -0.15) is 0 Å². The second kappa shape index (κ2) is 16.2. The highest BCUT2D eigenvalue weighted by atomic mass is 16.7. The van der Waals surface area contributed by atoms with E-state index in [1.165, 1.54) is 89.9 Å². The molecule has 0 aliphatic heterocycles. The van der Waals surface area contributed by atoms with Gasteiger partial charge in [-0.1, -0.05) is 65.2 Å². The van der Waals surface area contributed by atoms with Gasteiger partial charge in [0.2, 0.25) is 0 Å². The van der Waals surface area contributed by atoms with E-state index in [0.29, 0.717) is 12.9 Å². The van der Waals surface area contributed by atoms with Crippen molar-refractivity contribution in [1.82, 2.24) is 0 Å². The van der Waals surface area contributed by atoms with Gasteiger partial charge in [-0.05, 0) is 88.9 Å². The molecular formula is C30H54O4. The summed E-state index contributed by atoms with van der Waals surface area (Å²) in [6.45, 7) is 4.97. The van der Waals surface area contributed by atoms with Gasteiger partial charge in [0.25, 0.3) is 0 Å². The average molecular weight is 479 g/mol. The third-order valence-corrected chi connectivity index (χ3v) is 8.92. The third-order valence-electron chi connectivity index (χ3n) is 8.92. The number of ether oxygens (including phenoxy) is 3. The molecule has 4 heteroatoms. The lowest BCUT2D eigenvalue weighted by Crippen LogP contribution is -2.32. The predicted molar refractivity (Wildman–Crippen MR) is 139 cm³/mol. The van der Waals surface area contributed by atoms with Gasteiger partial charge >= 0.3 is 5.97 Å². The highest BCUT2D eigenvalue weighted by molar-refractivity contribution is 5.72. The summed E-state index contributed by atoms with van der Waals surface area (Å²) >= 11 is 0. The minimum Gasteiger partial charge on any atom is -0.462 e. The largest absolute Gasteiger partial charge is 0.462 e. The molecule has 3 fully saturated rings. The van der Waals surface area contributed by atoms with Crippen molar-refractivity contribution in [3.8, 4) is 0 Å². The molecule has 198 valence electrons. The monoisotopic (exact) mass is 478 g/mol. The van der Waals surface area contributed by atoms with E-state index in [4.69, 9.17) is 14.2 Å². The molecule has 0 aromatic heterocycles. The van der Waals surface area contributed by atoms with Crippen LogP contribution < -0.4 is 0 Å². The minimum absolute atomic E-state index is 0.0554. The van der Waals surface area contributed by atoms with Crippen molar-refractivity contribution in [3.05, 3.63) is 0 Å². The number of unbranched alkanes of at least 4 members (excludes halogenated alkanes) is 4. The highest BCUT2D eigenvalue weighted by Gasteiger charge is 2.31. The fourth-order valence-corrected chi connectivity index (χ4v) is 6.45. The average Bonchev–Trinajstić information content (AvgIpc) is 2.87. The van der Waals surface area contributed by atoms with Gasteiger partial charge in [0, 0.05) is 0 Å². The molecule has 3 rings (SSSR count). The van der Waals surface area contributed by atoms with Crippen LogP contribution in [-0.2, 0) is 19.0 Å². The summed E-state index contributed by atoms with van der Waals surface area (Å²) in [5, 5.41) is 0. The van der Waals surface area contributed by atoms with Crippen LogP contribution in [0.25, 0.3) is 0 Å². The molecule has 0 aromatic rings. The summed E-state index contributed by atoms with van der Waals surface area (Å²) in [7, 11) is 0.